The highest BCUT2D eigenvalue weighted by atomic mass is 32.1. The number of hydrogen-bond acceptors (Lipinski definition) is 5. The molecule has 0 saturated carbocycles. The number of tetrazole rings is 1. The quantitative estimate of drug-likeness (QED) is 0.494. The average molecular weight is 405 g/mol. The van der Waals surface area contributed by atoms with Crippen LogP contribution in [0.3, 0.4) is 0 Å². The van der Waals surface area contributed by atoms with Gasteiger partial charge in [0.15, 0.2) is 0 Å². The number of likely N-dealkylation sites (N-methyl/N-ethyl adjacent to an activating group) is 1. The van der Waals surface area contributed by atoms with E-state index in [1.807, 2.05) is 72.1 Å². The standard InChI is InChI=1S/C21H19N5O2S/c1-24(20(16-9-4-2-5-10-16)17-11-6-3-7-12-17)18(27)15-25-21(28)26(23-22-25)19-13-8-14-29-19/h2-14,20H,15H2,1H3. The zero-order valence-electron chi connectivity index (χ0n) is 15.8. The lowest BCUT2D eigenvalue weighted by Crippen LogP contribution is -2.37. The van der Waals surface area contributed by atoms with Gasteiger partial charge in [0, 0.05) is 7.05 Å². The minimum absolute atomic E-state index is 0.184. The van der Waals surface area contributed by atoms with E-state index in [2.05, 4.69) is 10.4 Å². The van der Waals surface area contributed by atoms with E-state index in [9.17, 15) is 9.59 Å². The molecule has 2 aromatic carbocycles. The number of benzene rings is 2. The molecule has 0 fully saturated rings. The van der Waals surface area contributed by atoms with Crippen LogP contribution in [0.15, 0.2) is 83.0 Å². The van der Waals surface area contributed by atoms with E-state index in [1.54, 1.807) is 18.0 Å². The van der Waals surface area contributed by atoms with Gasteiger partial charge in [-0.15, -0.1) is 11.3 Å². The zero-order valence-corrected chi connectivity index (χ0v) is 16.6. The molecule has 2 aromatic heterocycles. The Morgan fingerprint density at radius 2 is 1.59 bits per heavy atom. The molecule has 0 aliphatic heterocycles. The van der Waals surface area contributed by atoms with Gasteiger partial charge in [0.1, 0.15) is 11.5 Å². The highest BCUT2D eigenvalue weighted by Gasteiger charge is 2.24. The molecule has 1 amide bonds. The maximum atomic E-state index is 13.0. The van der Waals surface area contributed by atoms with Crippen LogP contribution < -0.4 is 5.69 Å². The Labute approximate surface area is 171 Å². The Hall–Kier alpha value is -3.52. The van der Waals surface area contributed by atoms with Crippen LogP contribution in [-0.2, 0) is 11.3 Å². The largest absolute Gasteiger partial charge is 0.369 e. The van der Waals surface area contributed by atoms with Gasteiger partial charge in [-0.25, -0.2) is 4.79 Å². The first-order chi connectivity index (χ1) is 14.1. The summed E-state index contributed by atoms with van der Waals surface area (Å²) in [7, 11) is 1.74. The molecule has 0 atom stereocenters. The Balaban J connectivity index is 1.61. The lowest BCUT2D eigenvalue weighted by atomic mass is 9.97. The van der Waals surface area contributed by atoms with Gasteiger partial charge < -0.3 is 4.90 Å². The summed E-state index contributed by atoms with van der Waals surface area (Å²) in [5, 5.41) is 10.3. The van der Waals surface area contributed by atoms with E-state index in [0.717, 1.165) is 15.8 Å². The summed E-state index contributed by atoms with van der Waals surface area (Å²) in [5.41, 5.74) is 1.54. The van der Waals surface area contributed by atoms with Crippen molar-refractivity contribution in [1.29, 1.82) is 0 Å². The van der Waals surface area contributed by atoms with Crippen LogP contribution in [0.5, 0.6) is 0 Å². The van der Waals surface area contributed by atoms with Gasteiger partial charge in [0.25, 0.3) is 0 Å². The van der Waals surface area contributed by atoms with E-state index in [-0.39, 0.29) is 18.5 Å². The van der Waals surface area contributed by atoms with Crippen LogP contribution in [0.1, 0.15) is 17.2 Å². The van der Waals surface area contributed by atoms with Crippen molar-refractivity contribution in [2.45, 2.75) is 12.6 Å². The summed E-state index contributed by atoms with van der Waals surface area (Å²) >= 11 is 1.38. The maximum Gasteiger partial charge on any atom is 0.369 e. The van der Waals surface area contributed by atoms with Gasteiger partial charge in [0.05, 0.1) is 6.04 Å². The van der Waals surface area contributed by atoms with Crippen LogP contribution in [0, 0.1) is 0 Å². The SMILES string of the molecule is CN(C(=O)Cn1nnn(-c2cccs2)c1=O)C(c1ccccc1)c1ccccc1. The molecule has 2 heterocycles. The van der Waals surface area contributed by atoms with Crippen molar-refractivity contribution < 1.29 is 4.79 Å². The molecule has 0 radical (unpaired) electrons. The van der Waals surface area contributed by atoms with Crippen LogP contribution >= 0.6 is 11.3 Å². The van der Waals surface area contributed by atoms with Gasteiger partial charge in [-0.2, -0.15) is 9.36 Å². The predicted octanol–water partition coefficient (Wildman–Crippen LogP) is 2.74. The molecule has 4 rings (SSSR count). The molecule has 0 aliphatic carbocycles. The third kappa shape index (κ3) is 3.88. The first-order valence-corrected chi connectivity index (χ1v) is 9.95. The van der Waals surface area contributed by atoms with E-state index in [4.69, 9.17) is 0 Å². The van der Waals surface area contributed by atoms with Crippen molar-refractivity contribution in [1.82, 2.24) is 24.7 Å². The molecule has 0 spiro atoms. The Bertz CT molecular complexity index is 1100. The summed E-state index contributed by atoms with van der Waals surface area (Å²) < 4.78 is 2.29. The van der Waals surface area contributed by atoms with Crippen molar-refractivity contribution >= 4 is 17.2 Å². The normalized spacial score (nSPS) is 11.0. The van der Waals surface area contributed by atoms with Crippen LogP contribution in [0.4, 0.5) is 0 Å². The molecule has 8 heteroatoms. The van der Waals surface area contributed by atoms with Crippen molar-refractivity contribution in [3.8, 4) is 5.00 Å². The summed E-state index contributed by atoms with van der Waals surface area (Å²) in [4.78, 5) is 27.3. The first-order valence-electron chi connectivity index (χ1n) is 9.07. The van der Waals surface area contributed by atoms with Gasteiger partial charge >= 0.3 is 5.69 Å². The summed E-state index contributed by atoms with van der Waals surface area (Å²) in [6.07, 6.45) is 0. The summed E-state index contributed by atoms with van der Waals surface area (Å²) in [5.74, 6) is -0.233. The van der Waals surface area contributed by atoms with Crippen molar-refractivity contribution in [3.05, 3.63) is 99.8 Å². The topological polar surface area (TPSA) is 73.0 Å². The number of rotatable bonds is 6. The summed E-state index contributed by atoms with van der Waals surface area (Å²) in [6.45, 7) is -0.184. The number of carbonyl (C=O) groups is 1. The fourth-order valence-electron chi connectivity index (χ4n) is 3.20. The van der Waals surface area contributed by atoms with Crippen molar-refractivity contribution in [3.63, 3.8) is 0 Å². The van der Waals surface area contributed by atoms with E-state index < -0.39 is 5.69 Å². The minimum atomic E-state index is -0.440. The van der Waals surface area contributed by atoms with E-state index in [1.165, 1.54) is 16.0 Å². The second-order valence-electron chi connectivity index (χ2n) is 6.51. The number of amides is 1. The smallest absolute Gasteiger partial charge is 0.333 e. The predicted molar refractivity (Wildman–Crippen MR) is 111 cm³/mol. The third-order valence-corrected chi connectivity index (χ3v) is 5.49. The molecular weight excluding hydrogens is 386 g/mol. The first kappa shape index (κ1) is 18.8. The number of aromatic nitrogens is 4. The fourth-order valence-corrected chi connectivity index (χ4v) is 3.86. The Morgan fingerprint density at radius 3 is 2.14 bits per heavy atom. The molecule has 0 aliphatic rings. The van der Waals surface area contributed by atoms with Gasteiger partial charge in [-0.3, -0.25) is 4.79 Å². The highest BCUT2D eigenvalue weighted by Crippen LogP contribution is 2.27. The summed E-state index contributed by atoms with van der Waals surface area (Å²) in [6, 6.07) is 22.9. The molecule has 146 valence electrons. The molecule has 0 unspecified atom stereocenters. The highest BCUT2D eigenvalue weighted by molar-refractivity contribution is 7.12. The van der Waals surface area contributed by atoms with Gasteiger partial charge in [-0.1, -0.05) is 60.7 Å². The second kappa shape index (κ2) is 8.24. The van der Waals surface area contributed by atoms with Crippen molar-refractivity contribution in [2.24, 2.45) is 0 Å². The third-order valence-electron chi connectivity index (χ3n) is 4.65. The lowest BCUT2D eigenvalue weighted by Gasteiger charge is -2.29. The molecule has 0 N–H and O–H groups in total. The monoisotopic (exact) mass is 405 g/mol. The number of thiophene rings is 1. The average Bonchev–Trinajstić information content (AvgIpc) is 3.40. The van der Waals surface area contributed by atoms with Gasteiger partial charge in [0.2, 0.25) is 5.91 Å². The Kier molecular flexibility index (Phi) is 5.35. The molecular formula is C21H19N5O2S. The van der Waals surface area contributed by atoms with Crippen LogP contribution in [0.25, 0.3) is 5.00 Å². The molecule has 0 bridgehead atoms. The minimum Gasteiger partial charge on any atom is -0.333 e. The lowest BCUT2D eigenvalue weighted by molar-refractivity contribution is -0.132. The molecule has 4 aromatic rings. The van der Waals surface area contributed by atoms with Gasteiger partial charge in [-0.05, 0) is 39.1 Å². The number of nitrogens with zero attached hydrogens (tertiary/aromatic N) is 5. The fraction of sp³-hybridized carbons (Fsp3) is 0.143. The maximum absolute atomic E-state index is 13.0. The number of hydrogen-bond donors (Lipinski definition) is 0. The zero-order chi connectivity index (χ0) is 20.2. The Morgan fingerprint density at radius 1 is 0.966 bits per heavy atom. The molecule has 0 saturated heterocycles. The van der Waals surface area contributed by atoms with E-state index in [0.29, 0.717) is 5.00 Å². The molecule has 7 nitrogen and oxygen atoms in total. The number of carbonyl (C=O) groups excluding carboxylic acids is 1. The van der Waals surface area contributed by atoms with Crippen LogP contribution in [0.2, 0.25) is 0 Å². The second-order valence-corrected chi connectivity index (χ2v) is 7.44. The molecule has 29 heavy (non-hydrogen) atoms. The van der Waals surface area contributed by atoms with Crippen molar-refractivity contribution in [2.75, 3.05) is 7.05 Å². The van der Waals surface area contributed by atoms with Crippen LogP contribution in [-0.4, -0.2) is 37.6 Å². The van der Waals surface area contributed by atoms with E-state index >= 15 is 0 Å².